The molecular weight excluding hydrogens is 334 g/mol. The summed E-state index contributed by atoms with van der Waals surface area (Å²) in [6, 6.07) is 2.83. The van der Waals surface area contributed by atoms with E-state index in [0.717, 1.165) is 25.9 Å². The molecule has 26 heavy (non-hydrogen) atoms. The van der Waals surface area contributed by atoms with Crippen molar-refractivity contribution in [2.75, 3.05) is 26.2 Å². The zero-order valence-electron chi connectivity index (χ0n) is 15.1. The van der Waals surface area contributed by atoms with Crippen molar-refractivity contribution in [2.45, 2.75) is 32.6 Å². The van der Waals surface area contributed by atoms with E-state index in [-0.39, 0.29) is 23.4 Å². The maximum atomic E-state index is 12.7. The summed E-state index contributed by atoms with van der Waals surface area (Å²) >= 11 is 0. The first-order chi connectivity index (χ1) is 12.5. The molecule has 1 aromatic heterocycles. The quantitative estimate of drug-likeness (QED) is 0.890. The Bertz CT molecular complexity index is 673. The fraction of sp³-hybridized carbons (Fsp3) is 0.579. The Balaban J connectivity index is 1.53. The molecule has 0 unspecified atom stereocenters. The average Bonchev–Trinajstić information content (AvgIpc) is 2.67. The van der Waals surface area contributed by atoms with Crippen molar-refractivity contribution in [3.63, 3.8) is 0 Å². The number of carbonyl (C=O) groups excluding carboxylic acids is 2. The molecule has 2 amide bonds. The van der Waals surface area contributed by atoms with Crippen molar-refractivity contribution in [3.8, 4) is 0 Å². The van der Waals surface area contributed by atoms with Crippen molar-refractivity contribution in [2.24, 2.45) is 11.8 Å². The van der Waals surface area contributed by atoms with Gasteiger partial charge in [-0.3, -0.25) is 9.59 Å². The van der Waals surface area contributed by atoms with Crippen molar-refractivity contribution in [1.82, 2.24) is 14.8 Å². The summed E-state index contributed by atoms with van der Waals surface area (Å²) in [4.78, 5) is 43.5. The maximum Gasteiger partial charge on any atom is 0.354 e. The van der Waals surface area contributed by atoms with E-state index in [4.69, 9.17) is 5.11 Å². The number of hydrogen-bond acceptors (Lipinski definition) is 4. The molecule has 0 radical (unpaired) electrons. The van der Waals surface area contributed by atoms with Crippen LogP contribution in [-0.4, -0.2) is 63.9 Å². The minimum absolute atomic E-state index is 0.0000301. The number of nitrogens with zero attached hydrogens (tertiary/aromatic N) is 3. The summed E-state index contributed by atoms with van der Waals surface area (Å²) in [5, 5.41) is 8.87. The molecule has 2 saturated heterocycles. The number of aromatic carboxylic acids is 1. The molecule has 7 heteroatoms. The van der Waals surface area contributed by atoms with Crippen LogP contribution in [0, 0.1) is 11.8 Å². The highest BCUT2D eigenvalue weighted by Crippen LogP contribution is 2.24. The summed E-state index contributed by atoms with van der Waals surface area (Å²) in [5.74, 6) is -0.348. The van der Waals surface area contributed by atoms with Gasteiger partial charge in [-0.1, -0.05) is 6.92 Å². The van der Waals surface area contributed by atoms with Crippen LogP contribution >= 0.6 is 0 Å². The van der Waals surface area contributed by atoms with Gasteiger partial charge >= 0.3 is 5.97 Å². The number of rotatable bonds is 3. The van der Waals surface area contributed by atoms with E-state index in [9.17, 15) is 14.4 Å². The average molecular weight is 359 g/mol. The lowest BCUT2D eigenvalue weighted by molar-refractivity contribution is -0.138. The third-order valence-corrected chi connectivity index (χ3v) is 5.46. The standard InChI is InChI=1S/C19H25N3O4/c1-13-4-8-21(9-5-13)17(23)14-6-10-22(11-7-14)18(24)15-2-3-16(19(25)26)20-12-15/h2-3,12-14H,4-11H2,1H3,(H,25,26). The summed E-state index contributed by atoms with van der Waals surface area (Å²) in [6.07, 6.45) is 4.80. The molecule has 2 aliphatic rings. The second kappa shape index (κ2) is 7.85. The Morgan fingerprint density at radius 1 is 1.00 bits per heavy atom. The largest absolute Gasteiger partial charge is 0.477 e. The number of pyridine rings is 1. The Kier molecular flexibility index (Phi) is 5.54. The van der Waals surface area contributed by atoms with Crippen molar-refractivity contribution in [3.05, 3.63) is 29.6 Å². The van der Waals surface area contributed by atoms with Crippen LogP contribution in [0.15, 0.2) is 18.3 Å². The summed E-state index contributed by atoms with van der Waals surface area (Å²) < 4.78 is 0. The van der Waals surface area contributed by atoms with E-state index in [1.807, 2.05) is 4.90 Å². The van der Waals surface area contributed by atoms with Gasteiger partial charge in [0.05, 0.1) is 5.56 Å². The van der Waals surface area contributed by atoms with Crippen LogP contribution < -0.4 is 0 Å². The topological polar surface area (TPSA) is 90.8 Å². The van der Waals surface area contributed by atoms with Crippen LogP contribution in [0.25, 0.3) is 0 Å². The molecule has 0 aliphatic carbocycles. The molecule has 0 aromatic carbocycles. The summed E-state index contributed by atoms with van der Waals surface area (Å²) in [6.45, 7) is 5.01. The molecule has 0 atom stereocenters. The second-order valence-electron chi connectivity index (χ2n) is 7.31. The fourth-order valence-corrected chi connectivity index (χ4v) is 3.65. The SMILES string of the molecule is CC1CCN(C(=O)C2CCN(C(=O)c3ccc(C(=O)O)nc3)CC2)CC1. The number of piperidine rings is 2. The lowest BCUT2D eigenvalue weighted by atomic mass is 9.92. The molecule has 3 rings (SSSR count). The lowest BCUT2D eigenvalue weighted by Crippen LogP contribution is -2.46. The van der Waals surface area contributed by atoms with Crippen LogP contribution in [0.1, 0.15) is 53.5 Å². The van der Waals surface area contributed by atoms with Gasteiger partial charge < -0.3 is 14.9 Å². The first kappa shape index (κ1) is 18.4. The first-order valence-electron chi connectivity index (χ1n) is 9.23. The number of carboxylic acids is 1. The predicted octanol–water partition coefficient (Wildman–Crippen LogP) is 1.89. The van der Waals surface area contributed by atoms with Crippen LogP contribution in [-0.2, 0) is 4.79 Å². The molecule has 7 nitrogen and oxygen atoms in total. The van der Waals surface area contributed by atoms with Gasteiger partial charge in [0.1, 0.15) is 5.69 Å². The molecule has 0 spiro atoms. The molecule has 0 bridgehead atoms. The Hall–Kier alpha value is -2.44. The second-order valence-corrected chi connectivity index (χ2v) is 7.31. The molecule has 140 valence electrons. The number of amides is 2. The molecular formula is C19H25N3O4. The van der Waals surface area contributed by atoms with E-state index < -0.39 is 5.97 Å². The lowest BCUT2D eigenvalue weighted by Gasteiger charge is -2.36. The van der Waals surface area contributed by atoms with Crippen LogP contribution in [0.3, 0.4) is 0 Å². The molecule has 1 N–H and O–H groups in total. The molecule has 0 saturated carbocycles. The van der Waals surface area contributed by atoms with Crippen molar-refractivity contribution in [1.29, 1.82) is 0 Å². The zero-order chi connectivity index (χ0) is 18.7. The van der Waals surface area contributed by atoms with Gasteiger partial charge in [-0.15, -0.1) is 0 Å². The van der Waals surface area contributed by atoms with Gasteiger partial charge in [-0.05, 0) is 43.7 Å². The van der Waals surface area contributed by atoms with E-state index in [0.29, 0.717) is 37.4 Å². The minimum atomic E-state index is -1.12. The summed E-state index contributed by atoms with van der Waals surface area (Å²) in [7, 11) is 0. The van der Waals surface area contributed by atoms with Crippen LogP contribution in [0.4, 0.5) is 0 Å². The van der Waals surface area contributed by atoms with E-state index in [2.05, 4.69) is 11.9 Å². The highest BCUT2D eigenvalue weighted by Gasteiger charge is 2.31. The monoisotopic (exact) mass is 359 g/mol. The van der Waals surface area contributed by atoms with Crippen molar-refractivity contribution >= 4 is 17.8 Å². The number of hydrogen-bond donors (Lipinski definition) is 1. The Morgan fingerprint density at radius 3 is 2.15 bits per heavy atom. The normalized spacial score (nSPS) is 19.4. The van der Waals surface area contributed by atoms with E-state index in [1.54, 1.807) is 4.90 Å². The Morgan fingerprint density at radius 2 is 1.62 bits per heavy atom. The molecule has 3 heterocycles. The van der Waals surface area contributed by atoms with Crippen molar-refractivity contribution < 1.29 is 19.5 Å². The Labute approximate surface area is 153 Å². The third-order valence-electron chi connectivity index (χ3n) is 5.46. The van der Waals surface area contributed by atoms with Gasteiger partial charge in [-0.2, -0.15) is 0 Å². The zero-order valence-corrected chi connectivity index (χ0v) is 15.1. The van der Waals surface area contributed by atoms with Crippen LogP contribution in [0.2, 0.25) is 0 Å². The highest BCUT2D eigenvalue weighted by molar-refractivity contribution is 5.95. The van der Waals surface area contributed by atoms with Gasteiger partial charge in [-0.25, -0.2) is 9.78 Å². The van der Waals surface area contributed by atoms with E-state index >= 15 is 0 Å². The first-order valence-corrected chi connectivity index (χ1v) is 9.23. The van der Waals surface area contributed by atoms with Crippen LogP contribution in [0.5, 0.6) is 0 Å². The third kappa shape index (κ3) is 4.03. The molecule has 2 fully saturated rings. The van der Waals surface area contributed by atoms with Gasteiger partial charge in [0.25, 0.3) is 5.91 Å². The predicted molar refractivity (Wildman–Crippen MR) is 94.8 cm³/mol. The minimum Gasteiger partial charge on any atom is -0.477 e. The molecule has 1 aromatic rings. The summed E-state index contributed by atoms with van der Waals surface area (Å²) in [5.41, 5.74) is 0.298. The number of likely N-dealkylation sites (tertiary alicyclic amines) is 2. The highest BCUT2D eigenvalue weighted by atomic mass is 16.4. The number of aromatic nitrogens is 1. The molecule has 2 aliphatic heterocycles. The van der Waals surface area contributed by atoms with Gasteiger partial charge in [0.15, 0.2) is 0 Å². The smallest absolute Gasteiger partial charge is 0.354 e. The fourth-order valence-electron chi connectivity index (χ4n) is 3.65. The van der Waals surface area contributed by atoms with E-state index in [1.165, 1.54) is 18.3 Å². The number of carbonyl (C=O) groups is 3. The van der Waals surface area contributed by atoms with Gasteiger partial charge in [0.2, 0.25) is 5.91 Å². The number of carboxylic acid groups (broad SMARTS) is 1. The maximum absolute atomic E-state index is 12.7. The van der Waals surface area contributed by atoms with Gasteiger partial charge in [0, 0.05) is 38.3 Å².